The molecule has 1 aliphatic carbocycles. The van der Waals surface area contributed by atoms with E-state index in [-0.39, 0.29) is 23.7 Å². The quantitative estimate of drug-likeness (QED) is 0.148. The van der Waals surface area contributed by atoms with Gasteiger partial charge in [-0.15, -0.1) is 0 Å². The first-order valence-electron chi connectivity index (χ1n) is 12.6. The molecule has 0 spiro atoms. The van der Waals surface area contributed by atoms with Crippen molar-refractivity contribution in [3.05, 3.63) is 34.9 Å². The Kier molecular flexibility index (Phi) is 10.3. The van der Waals surface area contributed by atoms with Crippen LogP contribution in [0.5, 0.6) is 11.5 Å². The summed E-state index contributed by atoms with van der Waals surface area (Å²) >= 11 is 0. The number of unbranched alkanes of at least 4 members (excludes halogenated alkanes) is 2. The Morgan fingerprint density at radius 2 is 2.00 bits per heavy atom. The molecule has 0 saturated heterocycles. The Morgan fingerprint density at radius 1 is 1.29 bits per heavy atom. The molecule has 0 bridgehead atoms. The second-order valence-electron chi connectivity index (χ2n) is 11.0. The molecule has 0 aromatic heterocycles. The minimum Gasteiger partial charge on any atom is -0.507 e. The normalized spacial score (nSPS) is 19.1. The van der Waals surface area contributed by atoms with Crippen LogP contribution in [0.25, 0.3) is 0 Å². The summed E-state index contributed by atoms with van der Waals surface area (Å²) in [7, 11) is -3.44. The van der Waals surface area contributed by atoms with E-state index >= 15 is 0 Å². The third-order valence-corrected chi connectivity index (χ3v) is 7.29. The fraction of sp³-hybridized carbons (Fsp3) is 0.667. The number of benzene rings is 1. The van der Waals surface area contributed by atoms with Crippen molar-refractivity contribution in [1.82, 2.24) is 5.09 Å². The van der Waals surface area contributed by atoms with E-state index in [0.717, 1.165) is 50.5 Å². The van der Waals surface area contributed by atoms with Gasteiger partial charge in [-0.25, -0.2) is 5.09 Å². The van der Waals surface area contributed by atoms with Crippen LogP contribution >= 0.6 is 7.52 Å². The Bertz CT molecular complexity index is 918. The second kappa shape index (κ2) is 12.3. The minimum atomic E-state index is -3.44. The van der Waals surface area contributed by atoms with Crippen LogP contribution in [0.15, 0.2) is 23.8 Å². The number of phenols is 1. The molecule has 1 aliphatic rings. The van der Waals surface area contributed by atoms with E-state index in [1.807, 2.05) is 32.9 Å². The van der Waals surface area contributed by atoms with Crippen molar-refractivity contribution in [1.29, 1.82) is 0 Å². The number of aromatic hydroxyl groups is 1. The van der Waals surface area contributed by atoms with Crippen LogP contribution in [0.4, 0.5) is 0 Å². The van der Waals surface area contributed by atoms with E-state index < -0.39 is 19.5 Å². The second-order valence-corrected chi connectivity index (χ2v) is 13.1. The monoisotopic (exact) mass is 493 g/mol. The lowest BCUT2D eigenvalue weighted by molar-refractivity contribution is -0.148. The van der Waals surface area contributed by atoms with E-state index in [4.69, 9.17) is 9.26 Å². The van der Waals surface area contributed by atoms with Crippen molar-refractivity contribution in [3.8, 4) is 11.5 Å². The molecule has 2 rings (SSSR count). The van der Waals surface area contributed by atoms with Gasteiger partial charge >= 0.3 is 13.5 Å². The molecule has 0 aliphatic heterocycles. The first-order chi connectivity index (χ1) is 15.8. The molecule has 6 nitrogen and oxygen atoms in total. The van der Waals surface area contributed by atoms with E-state index in [1.54, 1.807) is 6.92 Å². The van der Waals surface area contributed by atoms with Gasteiger partial charge in [0.15, 0.2) is 0 Å². The minimum absolute atomic E-state index is 0.00242. The van der Waals surface area contributed by atoms with Gasteiger partial charge in [0.05, 0.1) is 6.61 Å². The molecular weight excluding hydrogens is 449 g/mol. The van der Waals surface area contributed by atoms with Gasteiger partial charge in [-0.3, -0.25) is 9.36 Å². The highest BCUT2D eigenvalue weighted by molar-refractivity contribution is 7.56. The highest BCUT2D eigenvalue weighted by atomic mass is 31.2. The van der Waals surface area contributed by atoms with Gasteiger partial charge in [0.25, 0.3) is 0 Å². The summed E-state index contributed by atoms with van der Waals surface area (Å²) in [6.07, 6.45) is 9.18. The van der Waals surface area contributed by atoms with Gasteiger partial charge in [-0.05, 0) is 69.1 Å². The fourth-order valence-electron chi connectivity index (χ4n) is 4.21. The van der Waals surface area contributed by atoms with E-state index in [9.17, 15) is 14.5 Å². The average Bonchev–Trinajstić information content (AvgIpc) is 2.70. The summed E-state index contributed by atoms with van der Waals surface area (Å²) in [5.41, 5.74) is 2.75. The number of carbonyl (C=O) groups is 1. The lowest BCUT2D eigenvalue weighted by Gasteiger charge is -2.27. The van der Waals surface area contributed by atoms with Crippen molar-refractivity contribution in [2.24, 2.45) is 5.41 Å². The van der Waals surface area contributed by atoms with Crippen molar-refractivity contribution in [2.75, 3.05) is 13.3 Å². The molecule has 0 heterocycles. The first-order valence-corrected chi connectivity index (χ1v) is 14.6. The Balaban J connectivity index is 2.28. The summed E-state index contributed by atoms with van der Waals surface area (Å²) in [4.78, 5) is 12.4. The SMILES string of the molecule is CCCCCc1cc(O)c(C2C=C(C)CCC2)c(OP(C)(=O)N[C@@H](C)C(=O)OCC(C)(C)C)c1. The molecule has 7 heteroatoms. The fourth-order valence-corrected chi connectivity index (χ4v) is 5.60. The molecule has 1 aromatic rings. The maximum atomic E-state index is 13.4. The number of nitrogens with one attached hydrogen (secondary N) is 1. The molecule has 2 unspecified atom stereocenters. The van der Waals surface area contributed by atoms with Crippen LogP contribution in [0, 0.1) is 5.41 Å². The third kappa shape index (κ3) is 9.11. The molecule has 0 radical (unpaired) electrons. The van der Waals surface area contributed by atoms with Gasteiger partial charge in [0.1, 0.15) is 17.5 Å². The molecule has 0 amide bonds. The van der Waals surface area contributed by atoms with E-state index in [1.165, 1.54) is 12.2 Å². The van der Waals surface area contributed by atoms with Gasteiger partial charge in [-0.2, -0.15) is 0 Å². The van der Waals surface area contributed by atoms with Gasteiger partial charge in [0.2, 0.25) is 0 Å². The number of hydrogen-bond acceptors (Lipinski definition) is 5. The van der Waals surface area contributed by atoms with Crippen molar-refractivity contribution in [2.45, 2.75) is 98.4 Å². The molecular formula is C27H44NO5P. The predicted octanol–water partition coefficient (Wildman–Crippen LogP) is 7.11. The first kappa shape index (κ1) is 28.5. The highest BCUT2D eigenvalue weighted by Crippen LogP contribution is 2.48. The largest absolute Gasteiger partial charge is 0.507 e. The lowest BCUT2D eigenvalue weighted by atomic mass is 9.84. The molecule has 192 valence electrons. The highest BCUT2D eigenvalue weighted by Gasteiger charge is 2.30. The van der Waals surface area contributed by atoms with Gasteiger partial charge in [-0.1, -0.05) is 52.2 Å². The predicted molar refractivity (Wildman–Crippen MR) is 139 cm³/mol. The average molecular weight is 494 g/mol. The summed E-state index contributed by atoms with van der Waals surface area (Å²) < 4.78 is 24.9. The van der Waals surface area contributed by atoms with Crippen molar-refractivity contribution in [3.63, 3.8) is 0 Å². The van der Waals surface area contributed by atoms with Crippen LogP contribution in [0.2, 0.25) is 0 Å². The van der Waals surface area contributed by atoms with Gasteiger partial charge in [0, 0.05) is 18.1 Å². The summed E-state index contributed by atoms with van der Waals surface area (Å²) in [5, 5.41) is 13.8. The molecule has 2 N–H and O–H groups in total. The van der Waals surface area contributed by atoms with Crippen molar-refractivity contribution < 1.29 is 23.7 Å². The van der Waals surface area contributed by atoms with Crippen molar-refractivity contribution >= 4 is 13.5 Å². The van der Waals surface area contributed by atoms with Gasteiger partial charge < -0.3 is 14.4 Å². The number of phenolic OH excluding ortho intramolecular Hbond substituents is 1. The lowest BCUT2D eigenvalue weighted by Crippen LogP contribution is -2.35. The molecule has 0 fully saturated rings. The number of rotatable bonds is 11. The zero-order chi connectivity index (χ0) is 25.5. The number of allylic oxidation sites excluding steroid dienone is 2. The Labute approximate surface area is 206 Å². The number of esters is 1. The molecule has 0 saturated carbocycles. The number of carbonyl (C=O) groups excluding carboxylic acids is 1. The molecule has 1 aromatic carbocycles. The maximum Gasteiger partial charge on any atom is 0.323 e. The number of ether oxygens (including phenoxy) is 1. The van der Waals surface area contributed by atoms with E-state index in [0.29, 0.717) is 11.3 Å². The number of aryl methyl sites for hydroxylation is 1. The number of hydrogen-bond donors (Lipinski definition) is 2. The summed E-state index contributed by atoms with van der Waals surface area (Å²) in [6.45, 7) is 13.6. The molecule has 34 heavy (non-hydrogen) atoms. The molecule has 3 atom stereocenters. The maximum absolute atomic E-state index is 13.4. The Hall–Kier alpha value is -1.78. The van der Waals surface area contributed by atoms with Crippen LogP contribution in [0.1, 0.15) is 97.1 Å². The Morgan fingerprint density at radius 3 is 2.62 bits per heavy atom. The zero-order valence-electron chi connectivity index (χ0n) is 22.1. The smallest absolute Gasteiger partial charge is 0.323 e. The standard InChI is InChI=1S/C27H44NO5P/c1-8-9-10-13-21-16-23(29)25(22-14-11-12-19(2)15-22)24(17-21)33-34(7,31)28-20(3)26(30)32-18-27(4,5)6/h15-17,20,22,29H,8-14,18H2,1-7H3,(H,28,31)/t20-,22?,34?/m0/s1. The van der Waals surface area contributed by atoms with Crippen LogP contribution in [0.3, 0.4) is 0 Å². The van der Waals surface area contributed by atoms with E-state index in [2.05, 4.69) is 25.0 Å². The van der Waals surface area contributed by atoms with Crippen LogP contribution < -0.4 is 9.61 Å². The summed E-state index contributed by atoms with van der Waals surface area (Å²) in [6, 6.07) is 2.93. The topological polar surface area (TPSA) is 84.9 Å². The zero-order valence-corrected chi connectivity index (χ0v) is 23.0. The van der Waals surface area contributed by atoms with Crippen LogP contribution in [-0.4, -0.2) is 30.4 Å². The summed E-state index contributed by atoms with van der Waals surface area (Å²) in [5.74, 6) is 0.138. The third-order valence-electron chi connectivity index (χ3n) is 5.89. The van der Waals surface area contributed by atoms with Crippen LogP contribution in [-0.2, 0) is 20.5 Å².